The molecule has 36 heavy (non-hydrogen) atoms. The summed E-state index contributed by atoms with van der Waals surface area (Å²) < 4.78 is 12.6. The Balaban J connectivity index is 1.62. The van der Waals surface area contributed by atoms with Gasteiger partial charge in [0, 0.05) is 19.3 Å². The van der Waals surface area contributed by atoms with Gasteiger partial charge < -0.3 is 14.8 Å². The van der Waals surface area contributed by atoms with E-state index in [9.17, 15) is 9.59 Å². The second-order valence-electron chi connectivity index (χ2n) is 8.26. The molecule has 0 unspecified atom stereocenters. The van der Waals surface area contributed by atoms with E-state index < -0.39 is 0 Å². The molecule has 0 atom stereocenters. The maximum absolute atomic E-state index is 13.4. The van der Waals surface area contributed by atoms with Crippen molar-refractivity contribution in [3.63, 3.8) is 0 Å². The lowest BCUT2D eigenvalue weighted by Gasteiger charge is -2.15. The number of hydrogen-bond donors (Lipinski definition) is 1. The van der Waals surface area contributed by atoms with Crippen LogP contribution >= 0.6 is 24.0 Å². The maximum atomic E-state index is 13.4. The first-order valence-corrected chi connectivity index (χ1v) is 12.8. The van der Waals surface area contributed by atoms with Gasteiger partial charge in [0.1, 0.15) is 15.8 Å². The Morgan fingerprint density at radius 1 is 1.17 bits per heavy atom. The highest BCUT2D eigenvalue weighted by Crippen LogP contribution is 2.34. The third-order valence-corrected chi connectivity index (χ3v) is 7.23. The Morgan fingerprint density at radius 3 is 2.67 bits per heavy atom. The Labute approximate surface area is 219 Å². The molecule has 1 aliphatic heterocycles. The smallest absolute Gasteiger partial charge is 0.267 e. The van der Waals surface area contributed by atoms with Gasteiger partial charge in [-0.15, -0.1) is 0 Å². The maximum Gasteiger partial charge on any atom is 0.267 e. The van der Waals surface area contributed by atoms with Crippen LogP contribution in [0.25, 0.3) is 11.7 Å². The number of amides is 1. The van der Waals surface area contributed by atoms with Crippen molar-refractivity contribution in [3.8, 4) is 11.5 Å². The van der Waals surface area contributed by atoms with E-state index in [0.717, 1.165) is 17.5 Å². The van der Waals surface area contributed by atoms with Crippen molar-refractivity contribution in [3.05, 3.63) is 68.5 Å². The summed E-state index contributed by atoms with van der Waals surface area (Å²) >= 11 is 6.71. The number of rotatable bonds is 9. The number of benzene rings is 1. The molecule has 4 rings (SSSR count). The molecule has 0 spiro atoms. The fraction of sp³-hybridized carbons (Fsp3) is 0.308. The van der Waals surface area contributed by atoms with Crippen LogP contribution in [-0.4, -0.2) is 51.8 Å². The van der Waals surface area contributed by atoms with Crippen LogP contribution in [0.15, 0.2) is 46.2 Å². The van der Waals surface area contributed by atoms with Gasteiger partial charge in [0.25, 0.3) is 11.5 Å². The molecular weight excluding hydrogens is 496 g/mol. The first kappa shape index (κ1) is 25.7. The molecule has 0 bridgehead atoms. The average Bonchev–Trinajstić information content (AvgIpc) is 3.15. The monoisotopic (exact) mass is 524 g/mol. The summed E-state index contributed by atoms with van der Waals surface area (Å²) in [5.74, 6) is 1.52. The van der Waals surface area contributed by atoms with Crippen LogP contribution in [0.5, 0.6) is 11.5 Å². The highest BCUT2D eigenvalue weighted by molar-refractivity contribution is 8.26. The van der Waals surface area contributed by atoms with Crippen molar-refractivity contribution < 1.29 is 14.3 Å². The van der Waals surface area contributed by atoms with E-state index in [1.54, 1.807) is 31.4 Å². The van der Waals surface area contributed by atoms with Crippen LogP contribution in [0, 0.1) is 6.92 Å². The SMILES string of the molecule is CCCNc1nc2c(C)cccn2c(=O)c1/C=C1\SC(=S)N(CCc2ccc(OC)c(OC)c2)C1=O. The minimum Gasteiger partial charge on any atom is -0.493 e. The molecule has 1 N–H and O–H groups in total. The molecule has 10 heteroatoms. The number of thiocarbonyl (C=S) groups is 1. The van der Waals surface area contributed by atoms with Gasteiger partial charge in [0.15, 0.2) is 11.5 Å². The van der Waals surface area contributed by atoms with E-state index in [1.165, 1.54) is 16.2 Å². The minimum atomic E-state index is -0.238. The van der Waals surface area contributed by atoms with Gasteiger partial charge in [-0.05, 0) is 55.2 Å². The Kier molecular flexibility index (Phi) is 7.95. The quantitative estimate of drug-likeness (QED) is 0.328. The van der Waals surface area contributed by atoms with Crippen molar-refractivity contribution in [2.45, 2.75) is 26.7 Å². The second-order valence-corrected chi connectivity index (χ2v) is 9.94. The van der Waals surface area contributed by atoms with Gasteiger partial charge in [-0.3, -0.25) is 18.9 Å². The van der Waals surface area contributed by atoms with Crippen LogP contribution in [-0.2, 0) is 11.2 Å². The highest BCUT2D eigenvalue weighted by Gasteiger charge is 2.32. The summed E-state index contributed by atoms with van der Waals surface area (Å²) in [5, 5.41) is 3.24. The molecule has 1 saturated heterocycles. The van der Waals surface area contributed by atoms with E-state index in [2.05, 4.69) is 5.32 Å². The van der Waals surface area contributed by atoms with Gasteiger partial charge >= 0.3 is 0 Å². The number of nitrogens with one attached hydrogen (secondary N) is 1. The Bertz CT molecular complexity index is 1420. The zero-order valence-corrected chi connectivity index (χ0v) is 22.3. The number of ether oxygens (including phenoxy) is 2. The predicted octanol–water partition coefficient (Wildman–Crippen LogP) is 4.29. The fourth-order valence-electron chi connectivity index (χ4n) is 3.92. The third kappa shape index (κ3) is 5.10. The number of aryl methyl sites for hydroxylation is 1. The summed E-state index contributed by atoms with van der Waals surface area (Å²) in [7, 11) is 3.18. The van der Waals surface area contributed by atoms with Crippen molar-refractivity contribution in [1.29, 1.82) is 0 Å². The molecule has 188 valence electrons. The first-order chi connectivity index (χ1) is 17.4. The lowest BCUT2D eigenvalue weighted by Crippen LogP contribution is -2.30. The number of fused-ring (bicyclic) bond motifs is 1. The van der Waals surface area contributed by atoms with E-state index in [0.29, 0.717) is 57.3 Å². The molecule has 1 amide bonds. The van der Waals surface area contributed by atoms with E-state index in [4.69, 9.17) is 26.7 Å². The summed E-state index contributed by atoms with van der Waals surface area (Å²) in [6.07, 6.45) is 4.75. The number of carbonyl (C=O) groups excluding carboxylic acids is 1. The number of aromatic nitrogens is 2. The van der Waals surface area contributed by atoms with E-state index in [-0.39, 0.29) is 11.5 Å². The van der Waals surface area contributed by atoms with Crippen LogP contribution in [0.1, 0.15) is 30.0 Å². The molecule has 0 aliphatic carbocycles. The number of anilines is 1. The largest absolute Gasteiger partial charge is 0.493 e. The summed E-state index contributed by atoms with van der Waals surface area (Å²) in [5.41, 5.74) is 2.57. The summed E-state index contributed by atoms with van der Waals surface area (Å²) in [6.45, 7) is 5.01. The predicted molar refractivity (Wildman–Crippen MR) is 148 cm³/mol. The topological polar surface area (TPSA) is 85.2 Å². The molecule has 1 fully saturated rings. The van der Waals surface area contributed by atoms with Crippen LogP contribution in [0.2, 0.25) is 0 Å². The number of pyridine rings is 1. The van der Waals surface area contributed by atoms with Crippen LogP contribution in [0.3, 0.4) is 0 Å². The molecule has 1 aliphatic rings. The van der Waals surface area contributed by atoms with Crippen molar-refractivity contribution in [2.24, 2.45) is 0 Å². The second kappa shape index (κ2) is 11.1. The normalized spacial score (nSPS) is 14.7. The number of carbonyl (C=O) groups is 1. The lowest BCUT2D eigenvalue weighted by molar-refractivity contribution is -0.122. The Morgan fingerprint density at radius 2 is 1.94 bits per heavy atom. The number of thioether (sulfide) groups is 1. The summed E-state index contributed by atoms with van der Waals surface area (Å²) in [6, 6.07) is 9.38. The number of nitrogens with zero attached hydrogens (tertiary/aromatic N) is 3. The molecule has 1 aromatic carbocycles. The van der Waals surface area contributed by atoms with Crippen LogP contribution < -0.4 is 20.3 Å². The van der Waals surface area contributed by atoms with Crippen molar-refractivity contribution in [2.75, 3.05) is 32.6 Å². The summed E-state index contributed by atoms with van der Waals surface area (Å²) in [4.78, 5) is 33.3. The standard InChI is InChI=1S/C26H28N4O4S2/c1-5-11-27-22-18(24(31)29-12-6-7-16(2)23(29)28-22)15-21-25(32)30(26(35)36-21)13-10-17-8-9-19(33-3)20(14-17)34-4/h6-9,12,14-15,27H,5,10-11,13H2,1-4H3/b21-15-. The minimum absolute atomic E-state index is 0.222. The van der Waals surface area contributed by atoms with Gasteiger partial charge in [0.05, 0.1) is 24.7 Å². The molecular formula is C26H28N4O4S2. The number of hydrogen-bond acceptors (Lipinski definition) is 8. The third-order valence-electron chi connectivity index (χ3n) is 5.85. The molecule has 2 aromatic heterocycles. The van der Waals surface area contributed by atoms with Gasteiger partial charge in [-0.2, -0.15) is 0 Å². The highest BCUT2D eigenvalue weighted by atomic mass is 32.2. The fourth-order valence-corrected chi connectivity index (χ4v) is 5.21. The molecule has 0 saturated carbocycles. The molecule has 3 heterocycles. The number of methoxy groups -OCH3 is 2. The lowest BCUT2D eigenvalue weighted by atomic mass is 10.1. The van der Waals surface area contributed by atoms with E-state index >= 15 is 0 Å². The molecule has 0 radical (unpaired) electrons. The average molecular weight is 525 g/mol. The van der Waals surface area contributed by atoms with E-state index in [1.807, 2.05) is 44.2 Å². The van der Waals surface area contributed by atoms with Gasteiger partial charge in [-0.25, -0.2) is 4.98 Å². The van der Waals surface area contributed by atoms with Crippen molar-refractivity contribution >= 4 is 51.7 Å². The molecule has 3 aromatic rings. The zero-order valence-electron chi connectivity index (χ0n) is 20.7. The first-order valence-electron chi connectivity index (χ1n) is 11.6. The Hall–Kier alpha value is -3.37. The zero-order chi connectivity index (χ0) is 25.8. The van der Waals surface area contributed by atoms with Crippen molar-refractivity contribution in [1.82, 2.24) is 14.3 Å². The van der Waals surface area contributed by atoms with Crippen LogP contribution in [0.4, 0.5) is 5.82 Å². The van der Waals surface area contributed by atoms with Gasteiger partial charge in [0.2, 0.25) is 0 Å². The molecule has 8 nitrogen and oxygen atoms in total. The van der Waals surface area contributed by atoms with Gasteiger partial charge in [-0.1, -0.05) is 43.0 Å².